The number of rotatable bonds is 3. The topological polar surface area (TPSA) is 59.0 Å². The minimum absolute atomic E-state index is 0.114. The van der Waals surface area contributed by atoms with Gasteiger partial charge in [-0.05, 0) is 44.4 Å². The van der Waals surface area contributed by atoms with Crippen LogP contribution >= 0.6 is 0 Å². The van der Waals surface area contributed by atoms with Crippen LogP contribution in [0.4, 0.5) is 8.78 Å². The van der Waals surface area contributed by atoms with Crippen LogP contribution in [0.3, 0.4) is 0 Å². The van der Waals surface area contributed by atoms with Gasteiger partial charge in [-0.2, -0.15) is 5.10 Å². The fourth-order valence-corrected chi connectivity index (χ4v) is 3.48. The first-order valence-corrected chi connectivity index (χ1v) is 8.21. The van der Waals surface area contributed by atoms with Gasteiger partial charge in [0.15, 0.2) is 17.3 Å². The number of hydrogen-bond donors (Lipinski definition) is 2. The maximum absolute atomic E-state index is 13.6. The van der Waals surface area contributed by atoms with Gasteiger partial charge in [-0.3, -0.25) is 4.79 Å². The third kappa shape index (κ3) is 2.58. The van der Waals surface area contributed by atoms with Crippen molar-refractivity contribution >= 4 is 5.91 Å². The van der Waals surface area contributed by atoms with Gasteiger partial charge in [0, 0.05) is 29.9 Å². The number of aromatic nitrogens is 2. The maximum atomic E-state index is 13.6. The lowest BCUT2D eigenvalue weighted by molar-refractivity contribution is 0.0933. The van der Waals surface area contributed by atoms with E-state index in [-0.39, 0.29) is 11.9 Å². The summed E-state index contributed by atoms with van der Waals surface area (Å²) < 4.78 is 28.3. The molecule has 0 spiro atoms. The molecule has 0 saturated carbocycles. The Morgan fingerprint density at radius 1 is 1.29 bits per heavy atom. The number of halogens is 2. The molecule has 24 heavy (non-hydrogen) atoms. The SMILES string of the molecule is O=C(NC1CCNC1)c1nn(-c2ccc(F)c(F)c2)c2c1CCC2. The van der Waals surface area contributed by atoms with E-state index >= 15 is 0 Å². The van der Waals surface area contributed by atoms with Crippen molar-refractivity contribution in [1.82, 2.24) is 20.4 Å². The van der Waals surface area contributed by atoms with Crippen LogP contribution in [-0.2, 0) is 12.8 Å². The predicted molar refractivity (Wildman–Crippen MR) is 84.2 cm³/mol. The molecule has 1 unspecified atom stereocenters. The molecule has 2 heterocycles. The Balaban J connectivity index is 1.69. The Morgan fingerprint density at radius 2 is 2.17 bits per heavy atom. The number of benzene rings is 1. The molecule has 1 fully saturated rings. The van der Waals surface area contributed by atoms with E-state index in [2.05, 4.69) is 15.7 Å². The molecule has 2 aromatic rings. The summed E-state index contributed by atoms with van der Waals surface area (Å²) in [6.07, 6.45) is 3.39. The van der Waals surface area contributed by atoms with E-state index in [1.165, 1.54) is 6.07 Å². The summed E-state index contributed by atoms with van der Waals surface area (Å²) in [5.41, 5.74) is 2.67. The summed E-state index contributed by atoms with van der Waals surface area (Å²) in [4.78, 5) is 12.6. The van der Waals surface area contributed by atoms with Crippen molar-refractivity contribution in [3.05, 3.63) is 46.8 Å². The molecule has 1 atom stereocenters. The first-order valence-electron chi connectivity index (χ1n) is 8.21. The molecular formula is C17H18F2N4O. The lowest BCUT2D eigenvalue weighted by Crippen LogP contribution is -2.36. The van der Waals surface area contributed by atoms with Crippen molar-refractivity contribution in [2.45, 2.75) is 31.7 Å². The Hall–Kier alpha value is -2.28. The molecule has 1 aromatic carbocycles. The summed E-state index contributed by atoms with van der Waals surface area (Å²) in [5, 5.41) is 10.6. The highest BCUT2D eigenvalue weighted by atomic mass is 19.2. The summed E-state index contributed by atoms with van der Waals surface area (Å²) in [6.45, 7) is 1.66. The number of nitrogens with zero attached hydrogens (tertiary/aromatic N) is 2. The molecule has 2 N–H and O–H groups in total. The number of hydrogen-bond acceptors (Lipinski definition) is 3. The van der Waals surface area contributed by atoms with E-state index in [9.17, 15) is 13.6 Å². The summed E-state index contributed by atoms with van der Waals surface area (Å²) >= 11 is 0. The molecule has 1 aliphatic carbocycles. The summed E-state index contributed by atoms with van der Waals surface area (Å²) in [7, 11) is 0. The van der Waals surface area contributed by atoms with Gasteiger partial charge in [-0.15, -0.1) is 0 Å². The molecular weight excluding hydrogens is 314 g/mol. The normalized spacial score (nSPS) is 19.5. The largest absolute Gasteiger partial charge is 0.347 e. The lowest BCUT2D eigenvalue weighted by Gasteiger charge is -2.10. The van der Waals surface area contributed by atoms with Crippen LogP contribution in [0, 0.1) is 11.6 Å². The average Bonchev–Trinajstić information content (AvgIpc) is 3.26. The van der Waals surface area contributed by atoms with Gasteiger partial charge >= 0.3 is 0 Å². The van der Waals surface area contributed by atoms with Gasteiger partial charge in [-0.1, -0.05) is 0 Å². The number of amides is 1. The van der Waals surface area contributed by atoms with E-state index in [4.69, 9.17) is 0 Å². The maximum Gasteiger partial charge on any atom is 0.272 e. The third-order valence-electron chi connectivity index (χ3n) is 4.69. The van der Waals surface area contributed by atoms with Crippen LogP contribution in [0.25, 0.3) is 5.69 Å². The minimum Gasteiger partial charge on any atom is -0.347 e. The number of carbonyl (C=O) groups excluding carboxylic acids is 1. The molecule has 7 heteroatoms. The second-order valence-corrected chi connectivity index (χ2v) is 6.30. The van der Waals surface area contributed by atoms with Gasteiger partial charge < -0.3 is 10.6 Å². The Labute approximate surface area is 138 Å². The van der Waals surface area contributed by atoms with E-state index < -0.39 is 11.6 Å². The second-order valence-electron chi connectivity index (χ2n) is 6.30. The van der Waals surface area contributed by atoms with Crippen molar-refractivity contribution in [2.75, 3.05) is 13.1 Å². The second kappa shape index (κ2) is 5.98. The van der Waals surface area contributed by atoms with Gasteiger partial charge in [0.05, 0.1) is 5.69 Å². The van der Waals surface area contributed by atoms with E-state index in [0.29, 0.717) is 11.4 Å². The zero-order valence-corrected chi connectivity index (χ0v) is 13.1. The molecule has 126 valence electrons. The number of nitrogens with one attached hydrogen (secondary N) is 2. The average molecular weight is 332 g/mol. The molecule has 0 bridgehead atoms. The van der Waals surface area contributed by atoms with Crippen molar-refractivity contribution in [3.63, 3.8) is 0 Å². The molecule has 1 amide bonds. The Morgan fingerprint density at radius 3 is 2.92 bits per heavy atom. The Bertz CT molecular complexity index is 796. The van der Waals surface area contributed by atoms with Crippen molar-refractivity contribution in [1.29, 1.82) is 0 Å². The van der Waals surface area contributed by atoms with Crippen molar-refractivity contribution < 1.29 is 13.6 Å². The molecule has 1 aromatic heterocycles. The van der Waals surface area contributed by atoms with Crippen LogP contribution < -0.4 is 10.6 Å². The van der Waals surface area contributed by atoms with Gasteiger partial charge in [-0.25, -0.2) is 13.5 Å². The summed E-state index contributed by atoms with van der Waals surface area (Å²) in [6, 6.07) is 3.79. The van der Waals surface area contributed by atoms with E-state index in [1.54, 1.807) is 4.68 Å². The molecule has 4 rings (SSSR count). The van der Waals surface area contributed by atoms with Gasteiger partial charge in [0.1, 0.15) is 0 Å². The smallest absolute Gasteiger partial charge is 0.272 e. The fourth-order valence-electron chi connectivity index (χ4n) is 3.48. The van der Waals surface area contributed by atoms with Crippen LogP contribution in [0.5, 0.6) is 0 Å². The standard InChI is InChI=1S/C17H18F2N4O/c18-13-5-4-11(8-14(13)19)23-15-3-1-2-12(15)16(22-23)17(24)21-10-6-7-20-9-10/h4-5,8,10,20H,1-3,6-7,9H2,(H,21,24). The highest BCUT2D eigenvalue weighted by molar-refractivity contribution is 5.94. The fraction of sp³-hybridized carbons (Fsp3) is 0.412. The first kappa shape index (κ1) is 15.3. The minimum atomic E-state index is -0.919. The molecule has 1 aliphatic heterocycles. The van der Waals surface area contributed by atoms with Crippen LogP contribution in [0.2, 0.25) is 0 Å². The van der Waals surface area contributed by atoms with Crippen molar-refractivity contribution in [3.8, 4) is 5.69 Å². The van der Waals surface area contributed by atoms with Crippen LogP contribution in [-0.4, -0.2) is 34.8 Å². The van der Waals surface area contributed by atoms with Gasteiger partial charge in [0.25, 0.3) is 5.91 Å². The summed E-state index contributed by atoms with van der Waals surface area (Å²) in [5.74, 6) is -2.00. The molecule has 2 aliphatic rings. The third-order valence-corrected chi connectivity index (χ3v) is 4.69. The predicted octanol–water partition coefficient (Wildman–Crippen LogP) is 1.73. The molecule has 1 saturated heterocycles. The van der Waals surface area contributed by atoms with E-state index in [1.807, 2.05) is 0 Å². The molecule has 5 nitrogen and oxygen atoms in total. The van der Waals surface area contributed by atoms with E-state index in [0.717, 1.165) is 62.2 Å². The van der Waals surface area contributed by atoms with Crippen LogP contribution in [0.15, 0.2) is 18.2 Å². The number of fused-ring (bicyclic) bond motifs is 1. The zero-order valence-electron chi connectivity index (χ0n) is 13.1. The lowest BCUT2D eigenvalue weighted by atomic mass is 10.1. The molecule has 0 radical (unpaired) electrons. The monoisotopic (exact) mass is 332 g/mol. The zero-order chi connectivity index (χ0) is 16.7. The quantitative estimate of drug-likeness (QED) is 0.900. The highest BCUT2D eigenvalue weighted by Gasteiger charge is 2.28. The van der Waals surface area contributed by atoms with Crippen LogP contribution in [0.1, 0.15) is 34.6 Å². The van der Waals surface area contributed by atoms with Crippen molar-refractivity contribution in [2.24, 2.45) is 0 Å². The first-order chi connectivity index (χ1) is 11.6. The number of carbonyl (C=O) groups is 1. The Kier molecular flexibility index (Phi) is 3.80. The highest BCUT2D eigenvalue weighted by Crippen LogP contribution is 2.28. The van der Waals surface area contributed by atoms with Gasteiger partial charge in [0.2, 0.25) is 0 Å².